The second-order valence-electron chi connectivity index (χ2n) is 4.50. The van der Waals surface area contributed by atoms with Crippen LogP contribution in [0.3, 0.4) is 0 Å². The van der Waals surface area contributed by atoms with Gasteiger partial charge >= 0.3 is 11.2 Å². The highest BCUT2D eigenvalue weighted by molar-refractivity contribution is 9.10. The standard InChI is InChI=1S/C14H12BrN3O6/c1-2-24-9-6-7(5-8(15)12(9)19)3-4-10-16-13(20)11(18(22)23)14(21)17-10/h3-6,19H,2H2,1H3,(H2,16,17,20,21)/b4-3-. The van der Waals surface area contributed by atoms with Crippen molar-refractivity contribution in [2.75, 3.05) is 6.61 Å². The normalized spacial score (nSPS) is 10.9. The van der Waals surface area contributed by atoms with Crippen LogP contribution >= 0.6 is 15.9 Å². The maximum atomic E-state index is 11.6. The second kappa shape index (κ2) is 7.13. The van der Waals surface area contributed by atoms with Gasteiger partial charge in [-0.1, -0.05) is 6.08 Å². The van der Waals surface area contributed by atoms with Crippen LogP contribution in [0.5, 0.6) is 17.4 Å². The zero-order valence-electron chi connectivity index (χ0n) is 12.3. The summed E-state index contributed by atoms with van der Waals surface area (Å²) in [5.41, 5.74) is -1.48. The lowest BCUT2D eigenvalue weighted by atomic mass is 10.2. The number of aromatic nitrogens is 2. The van der Waals surface area contributed by atoms with Gasteiger partial charge in [0.15, 0.2) is 11.5 Å². The number of aromatic hydroxyl groups is 2. The molecule has 1 heterocycles. The van der Waals surface area contributed by atoms with Gasteiger partial charge in [0.25, 0.3) is 5.88 Å². The molecule has 0 aliphatic carbocycles. The number of halogens is 1. The molecule has 126 valence electrons. The summed E-state index contributed by atoms with van der Waals surface area (Å²) in [5, 5.41) is 29.9. The van der Waals surface area contributed by atoms with Crippen LogP contribution in [0.4, 0.5) is 5.69 Å². The SMILES string of the molecule is CCOc1cc(/C=C\c2nc(O)c([N+](=O)[O-])c(=O)[nH]2)cc(Br)c1O. The van der Waals surface area contributed by atoms with Crippen LogP contribution < -0.4 is 10.3 Å². The van der Waals surface area contributed by atoms with E-state index in [-0.39, 0.29) is 17.3 Å². The van der Waals surface area contributed by atoms with E-state index in [0.717, 1.165) is 0 Å². The van der Waals surface area contributed by atoms with Gasteiger partial charge in [0.2, 0.25) is 0 Å². The molecule has 9 nitrogen and oxygen atoms in total. The molecule has 0 radical (unpaired) electrons. The average molecular weight is 398 g/mol. The fourth-order valence-corrected chi connectivity index (χ4v) is 2.31. The molecule has 2 rings (SSSR count). The largest absolute Gasteiger partial charge is 0.503 e. The number of nitrogens with one attached hydrogen (secondary N) is 1. The third kappa shape index (κ3) is 3.71. The molecule has 0 saturated carbocycles. The summed E-state index contributed by atoms with van der Waals surface area (Å²) in [4.78, 5) is 26.9. The maximum absolute atomic E-state index is 11.6. The minimum Gasteiger partial charge on any atom is -0.503 e. The number of nitrogens with zero attached hydrogens (tertiary/aromatic N) is 2. The Balaban J connectivity index is 2.38. The Morgan fingerprint density at radius 1 is 1.42 bits per heavy atom. The highest BCUT2D eigenvalue weighted by Gasteiger charge is 2.21. The van der Waals surface area contributed by atoms with Gasteiger partial charge in [0, 0.05) is 0 Å². The molecule has 0 aliphatic rings. The molecule has 10 heteroatoms. The summed E-state index contributed by atoms with van der Waals surface area (Å²) in [6, 6.07) is 3.15. The van der Waals surface area contributed by atoms with Crippen LogP contribution in [0.15, 0.2) is 21.4 Å². The quantitative estimate of drug-likeness (QED) is 0.519. The Kier molecular flexibility index (Phi) is 5.19. The summed E-state index contributed by atoms with van der Waals surface area (Å²) < 4.78 is 5.69. The highest BCUT2D eigenvalue weighted by atomic mass is 79.9. The van der Waals surface area contributed by atoms with E-state index in [4.69, 9.17) is 4.74 Å². The van der Waals surface area contributed by atoms with Gasteiger partial charge in [-0.2, -0.15) is 4.98 Å². The maximum Gasteiger partial charge on any atom is 0.395 e. The van der Waals surface area contributed by atoms with Gasteiger partial charge in [0.1, 0.15) is 5.82 Å². The van der Waals surface area contributed by atoms with Crippen LogP contribution in [-0.4, -0.2) is 31.7 Å². The second-order valence-corrected chi connectivity index (χ2v) is 5.35. The Hall–Kier alpha value is -2.88. The first-order chi connectivity index (χ1) is 11.3. The van der Waals surface area contributed by atoms with Gasteiger partial charge in [-0.15, -0.1) is 0 Å². The molecule has 3 N–H and O–H groups in total. The van der Waals surface area contributed by atoms with Crippen LogP contribution in [0.2, 0.25) is 0 Å². The average Bonchev–Trinajstić information content (AvgIpc) is 2.49. The van der Waals surface area contributed by atoms with E-state index < -0.39 is 22.0 Å². The Labute approximate surface area is 143 Å². The van der Waals surface area contributed by atoms with Gasteiger partial charge in [-0.05, 0) is 46.6 Å². The first-order valence-corrected chi connectivity index (χ1v) is 7.43. The minimum atomic E-state index is -1.06. The smallest absolute Gasteiger partial charge is 0.395 e. The highest BCUT2D eigenvalue weighted by Crippen LogP contribution is 2.36. The number of rotatable bonds is 5. The molecule has 0 aliphatic heterocycles. The third-order valence-electron chi connectivity index (χ3n) is 2.86. The molecule has 2 aromatic rings. The fraction of sp³-hybridized carbons (Fsp3) is 0.143. The Bertz CT molecular complexity index is 878. The van der Waals surface area contributed by atoms with Gasteiger partial charge in [-0.25, -0.2) is 0 Å². The van der Waals surface area contributed by atoms with Crippen molar-refractivity contribution >= 4 is 33.8 Å². The van der Waals surface area contributed by atoms with Crippen molar-refractivity contribution in [3.63, 3.8) is 0 Å². The first kappa shape index (κ1) is 17.5. The fourth-order valence-electron chi connectivity index (χ4n) is 1.85. The predicted molar refractivity (Wildman–Crippen MR) is 89.1 cm³/mol. The Morgan fingerprint density at radius 3 is 2.71 bits per heavy atom. The van der Waals surface area contributed by atoms with E-state index in [2.05, 4.69) is 25.9 Å². The number of nitro groups is 1. The van der Waals surface area contributed by atoms with Crippen molar-refractivity contribution in [2.45, 2.75) is 6.92 Å². The van der Waals surface area contributed by atoms with E-state index in [0.29, 0.717) is 16.6 Å². The van der Waals surface area contributed by atoms with E-state index >= 15 is 0 Å². The molecule has 0 spiro atoms. The molecule has 0 atom stereocenters. The lowest BCUT2D eigenvalue weighted by molar-refractivity contribution is -0.387. The molecule has 1 aromatic carbocycles. The molecule has 24 heavy (non-hydrogen) atoms. The van der Waals surface area contributed by atoms with Crippen LogP contribution in [0.1, 0.15) is 18.3 Å². The predicted octanol–water partition coefficient (Wildman–Crippen LogP) is 2.42. The lowest BCUT2D eigenvalue weighted by Crippen LogP contribution is -2.14. The van der Waals surface area contributed by atoms with Crippen molar-refractivity contribution in [1.29, 1.82) is 0 Å². The van der Waals surface area contributed by atoms with E-state index in [1.54, 1.807) is 19.1 Å². The van der Waals surface area contributed by atoms with Crippen LogP contribution in [0.25, 0.3) is 12.2 Å². The number of hydrogen-bond acceptors (Lipinski definition) is 7. The molecule has 0 saturated heterocycles. The summed E-state index contributed by atoms with van der Waals surface area (Å²) in [6.07, 6.45) is 2.87. The van der Waals surface area contributed by atoms with Crippen molar-refractivity contribution < 1.29 is 19.9 Å². The number of aromatic amines is 1. The minimum absolute atomic E-state index is 0.0477. The number of benzene rings is 1. The van der Waals surface area contributed by atoms with Gasteiger partial charge < -0.3 is 19.9 Å². The van der Waals surface area contributed by atoms with Gasteiger partial charge in [0.05, 0.1) is 16.0 Å². The molecule has 0 fully saturated rings. The molecule has 1 aromatic heterocycles. The van der Waals surface area contributed by atoms with E-state index in [1.807, 2.05) is 0 Å². The first-order valence-electron chi connectivity index (χ1n) is 6.64. The van der Waals surface area contributed by atoms with Crippen molar-refractivity contribution in [2.24, 2.45) is 0 Å². The molecule has 0 unspecified atom stereocenters. The number of phenolic OH excluding ortho intramolecular Hbond substituents is 1. The molecule has 0 amide bonds. The van der Waals surface area contributed by atoms with Crippen LogP contribution in [-0.2, 0) is 0 Å². The topological polar surface area (TPSA) is 139 Å². The molecular weight excluding hydrogens is 386 g/mol. The number of phenols is 1. The zero-order valence-corrected chi connectivity index (χ0v) is 13.9. The summed E-state index contributed by atoms with van der Waals surface area (Å²) >= 11 is 3.19. The zero-order chi connectivity index (χ0) is 17.9. The molecule has 0 bridgehead atoms. The lowest BCUT2D eigenvalue weighted by Gasteiger charge is -2.08. The number of hydrogen-bond donors (Lipinski definition) is 3. The number of H-pyrrole nitrogens is 1. The third-order valence-corrected chi connectivity index (χ3v) is 3.47. The number of ether oxygens (including phenoxy) is 1. The van der Waals surface area contributed by atoms with Crippen molar-refractivity contribution in [3.8, 4) is 17.4 Å². The van der Waals surface area contributed by atoms with Crippen molar-refractivity contribution in [3.05, 3.63) is 48.5 Å². The van der Waals surface area contributed by atoms with Crippen molar-refractivity contribution in [1.82, 2.24) is 9.97 Å². The van der Waals surface area contributed by atoms with Crippen LogP contribution in [0, 0.1) is 10.1 Å². The monoisotopic (exact) mass is 397 g/mol. The molecular formula is C14H12BrN3O6. The van der Waals surface area contributed by atoms with Gasteiger partial charge in [-0.3, -0.25) is 14.9 Å². The summed E-state index contributed by atoms with van der Waals surface area (Å²) in [6.45, 7) is 2.13. The van der Waals surface area contributed by atoms with E-state index in [1.165, 1.54) is 12.2 Å². The van der Waals surface area contributed by atoms with E-state index in [9.17, 15) is 25.1 Å². The summed E-state index contributed by atoms with van der Waals surface area (Å²) in [5.74, 6) is -0.816. The summed E-state index contributed by atoms with van der Waals surface area (Å²) in [7, 11) is 0. The Morgan fingerprint density at radius 2 is 2.12 bits per heavy atom.